The van der Waals surface area contributed by atoms with Gasteiger partial charge in [0.2, 0.25) is 0 Å². The molecule has 18 heavy (non-hydrogen) atoms. The Kier molecular flexibility index (Phi) is 5.03. The van der Waals surface area contributed by atoms with Crippen LogP contribution in [0, 0.1) is 25.0 Å². The highest BCUT2D eigenvalue weighted by atomic mass is 127. The molecule has 0 saturated heterocycles. The fourth-order valence-electron chi connectivity index (χ4n) is 1.45. The van der Waals surface area contributed by atoms with Crippen molar-refractivity contribution in [2.45, 2.75) is 13.3 Å². The second-order valence-corrected chi connectivity index (χ2v) is 4.44. The number of benzene rings is 1. The van der Waals surface area contributed by atoms with Gasteiger partial charge in [0, 0.05) is 0 Å². The van der Waals surface area contributed by atoms with Gasteiger partial charge in [-0.25, -0.2) is 0 Å². The molecule has 0 aliphatic rings. The topological polar surface area (TPSA) is 93.2 Å². The first kappa shape index (κ1) is 14.4. The Labute approximate surface area is 117 Å². The van der Waals surface area contributed by atoms with Crippen LogP contribution in [0.4, 0.5) is 5.69 Å². The molecule has 0 radical (unpaired) electrons. The molecule has 7 heteroatoms. The number of carbonyl (C=O) groups excluding carboxylic acids is 1. The third-order valence-electron chi connectivity index (χ3n) is 2.16. The Morgan fingerprint density at radius 2 is 2.28 bits per heavy atom. The summed E-state index contributed by atoms with van der Waals surface area (Å²) in [4.78, 5) is 21.8. The predicted molar refractivity (Wildman–Crippen MR) is 70.9 cm³/mol. The van der Waals surface area contributed by atoms with E-state index in [1.807, 2.05) is 6.07 Å². The second kappa shape index (κ2) is 6.30. The molecule has 0 unspecified atom stereocenters. The summed E-state index contributed by atoms with van der Waals surface area (Å²) in [7, 11) is 0. The molecule has 1 aromatic rings. The lowest BCUT2D eigenvalue weighted by atomic mass is 10.0. The number of hydrogen-bond acceptors (Lipinski definition) is 5. The van der Waals surface area contributed by atoms with Crippen LogP contribution in [0.1, 0.15) is 18.1 Å². The van der Waals surface area contributed by atoms with Crippen molar-refractivity contribution in [3.8, 4) is 6.07 Å². The predicted octanol–water partition coefficient (Wildman–Crippen LogP) is 2.18. The van der Waals surface area contributed by atoms with Crippen LogP contribution >= 0.6 is 22.6 Å². The second-order valence-electron chi connectivity index (χ2n) is 3.27. The lowest BCUT2D eigenvalue weighted by molar-refractivity contribution is -0.386. The number of hydrogen-bond donors (Lipinski definition) is 0. The molecule has 0 aliphatic carbocycles. The summed E-state index contributed by atoms with van der Waals surface area (Å²) in [6.07, 6.45) is -0.274. The minimum Gasteiger partial charge on any atom is -0.466 e. The molecule has 0 saturated carbocycles. The monoisotopic (exact) mass is 360 g/mol. The van der Waals surface area contributed by atoms with E-state index in [1.165, 1.54) is 12.1 Å². The van der Waals surface area contributed by atoms with Gasteiger partial charge in [0.05, 0.1) is 38.7 Å². The highest BCUT2D eigenvalue weighted by molar-refractivity contribution is 14.1. The number of esters is 1. The van der Waals surface area contributed by atoms with E-state index < -0.39 is 10.9 Å². The van der Waals surface area contributed by atoms with Crippen molar-refractivity contribution in [1.29, 1.82) is 5.26 Å². The summed E-state index contributed by atoms with van der Waals surface area (Å²) < 4.78 is 5.13. The van der Waals surface area contributed by atoms with Gasteiger partial charge in [0.15, 0.2) is 0 Å². The summed E-state index contributed by atoms with van der Waals surface area (Å²) in [5, 5.41) is 19.9. The highest BCUT2D eigenvalue weighted by Crippen LogP contribution is 2.28. The maximum Gasteiger partial charge on any atom is 0.310 e. The molecule has 94 valence electrons. The van der Waals surface area contributed by atoms with Gasteiger partial charge in [0.25, 0.3) is 5.69 Å². The van der Waals surface area contributed by atoms with Crippen LogP contribution in [0.15, 0.2) is 12.1 Å². The average Bonchev–Trinajstić information content (AvgIpc) is 2.29. The molecule has 6 nitrogen and oxygen atoms in total. The maximum atomic E-state index is 11.4. The van der Waals surface area contributed by atoms with Crippen molar-refractivity contribution in [2.24, 2.45) is 0 Å². The summed E-state index contributed by atoms with van der Waals surface area (Å²) in [6.45, 7) is 1.84. The molecular weight excluding hydrogens is 351 g/mol. The quantitative estimate of drug-likeness (QED) is 0.355. The van der Waals surface area contributed by atoms with Crippen molar-refractivity contribution in [3.63, 3.8) is 0 Å². The van der Waals surface area contributed by atoms with E-state index in [1.54, 1.807) is 29.5 Å². The lowest BCUT2D eigenvalue weighted by Gasteiger charge is -2.06. The van der Waals surface area contributed by atoms with Gasteiger partial charge in [-0.3, -0.25) is 14.9 Å². The summed E-state index contributed by atoms with van der Waals surface area (Å²) in [5.74, 6) is -0.584. The van der Waals surface area contributed by atoms with Crippen LogP contribution in [0.2, 0.25) is 0 Å². The summed E-state index contributed by atoms with van der Waals surface area (Å²) >= 11 is 1.80. The van der Waals surface area contributed by atoms with Gasteiger partial charge in [0.1, 0.15) is 0 Å². The van der Waals surface area contributed by atoms with E-state index in [2.05, 4.69) is 0 Å². The molecule has 1 rings (SSSR count). The van der Waals surface area contributed by atoms with Crippen molar-refractivity contribution in [3.05, 3.63) is 36.9 Å². The van der Waals surface area contributed by atoms with Gasteiger partial charge in [-0.1, -0.05) is 0 Å². The first-order valence-electron chi connectivity index (χ1n) is 5.02. The minimum atomic E-state index is -0.586. The third kappa shape index (κ3) is 3.16. The Hall–Kier alpha value is -1.69. The van der Waals surface area contributed by atoms with Gasteiger partial charge in [-0.2, -0.15) is 5.26 Å². The fourth-order valence-corrected chi connectivity index (χ4v) is 2.15. The van der Waals surface area contributed by atoms with Crippen molar-refractivity contribution in [2.75, 3.05) is 6.61 Å². The summed E-state index contributed by atoms with van der Waals surface area (Å²) in [5.41, 5.74) is 0.0192. The normalized spacial score (nSPS) is 9.61. The number of nitrogens with zero attached hydrogens (tertiary/aromatic N) is 2. The standard InChI is InChI=1S/C11H9IN2O4/c1-2-18-10(15)5-8-7(6-13)3-4-9(12)11(8)14(16)17/h3-4H,2,5H2,1H3. The zero-order valence-electron chi connectivity index (χ0n) is 9.47. The van der Waals surface area contributed by atoms with Crippen molar-refractivity contribution in [1.82, 2.24) is 0 Å². The fraction of sp³-hybridized carbons (Fsp3) is 0.273. The molecule has 0 bridgehead atoms. The first-order chi connectivity index (χ1) is 8.51. The maximum absolute atomic E-state index is 11.4. The van der Waals surface area contributed by atoms with Crippen LogP contribution < -0.4 is 0 Å². The lowest BCUT2D eigenvalue weighted by Crippen LogP contribution is -2.11. The van der Waals surface area contributed by atoms with E-state index in [0.29, 0.717) is 3.57 Å². The van der Waals surface area contributed by atoms with E-state index in [0.717, 1.165) is 0 Å². The third-order valence-corrected chi connectivity index (χ3v) is 3.03. The summed E-state index contributed by atoms with van der Waals surface area (Å²) in [6, 6.07) is 4.79. The Morgan fingerprint density at radius 1 is 1.61 bits per heavy atom. The Balaban J connectivity index is 3.29. The van der Waals surface area contributed by atoms with Gasteiger partial charge in [-0.15, -0.1) is 0 Å². The van der Waals surface area contributed by atoms with Gasteiger partial charge in [-0.05, 0) is 41.6 Å². The Morgan fingerprint density at radius 3 is 2.78 bits per heavy atom. The molecule has 0 amide bonds. The number of nitro groups is 1. The molecule has 1 aromatic carbocycles. The number of nitro benzene ring substituents is 1. The van der Waals surface area contributed by atoms with Crippen LogP contribution in [0.3, 0.4) is 0 Å². The molecule has 0 aromatic heterocycles. The van der Waals surface area contributed by atoms with E-state index in [-0.39, 0.29) is 29.8 Å². The van der Waals surface area contributed by atoms with Crippen LogP contribution in [-0.2, 0) is 16.0 Å². The number of halogens is 1. The zero-order chi connectivity index (χ0) is 13.7. The van der Waals surface area contributed by atoms with Crippen LogP contribution in [0.5, 0.6) is 0 Å². The van der Waals surface area contributed by atoms with Gasteiger partial charge < -0.3 is 4.74 Å². The minimum absolute atomic E-state index is 0.104. The number of ether oxygens (including phenoxy) is 1. The molecule has 0 fully saturated rings. The molecule has 0 aliphatic heterocycles. The molecule has 0 spiro atoms. The Bertz CT molecular complexity index is 537. The molecule has 0 heterocycles. The zero-order valence-corrected chi connectivity index (χ0v) is 11.6. The SMILES string of the molecule is CCOC(=O)Cc1c(C#N)ccc(I)c1[N+](=O)[O-]. The number of rotatable bonds is 4. The largest absolute Gasteiger partial charge is 0.466 e. The molecular formula is C11H9IN2O4. The van der Waals surface area contributed by atoms with Crippen molar-refractivity contribution < 1.29 is 14.5 Å². The van der Waals surface area contributed by atoms with Crippen LogP contribution in [-0.4, -0.2) is 17.5 Å². The molecule has 0 atom stereocenters. The van der Waals surface area contributed by atoms with Gasteiger partial charge >= 0.3 is 5.97 Å². The van der Waals surface area contributed by atoms with E-state index in [4.69, 9.17) is 10.00 Å². The number of carbonyl (C=O) groups is 1. The number of nitriles is 1. The van der Waals surface area contributed by atoms with E-state index in [9.17, 15) is 14.9 Å². The van der Waals surface area contributed by atoms with Crippen LogP contribution in [0.25, 0.3) is 0 Å². The smallest absolute Gasteiger partial charge is 0.310 e. The highest BCUT2D eigenvalue weighted by Gasteiger charge is 2.24. The first-order valence-corrected chi connectivity index (χ1v) is 6.10. The average molecular weight is 360 g/mol. The molecule has 0 N–H and O–H groups in total. The van der Waals surface area contributed by atoms with Crippen molar-refractivity contribution >= 4 is 34.2 Å². The van der Waals surface area contributed by atoms with E-state index >= 15 is 0 Å².